The van der Waals surface area contributed by atoms with Crippen LogP contribution in [0.2, 0.25) is 0 Å². The summed E-state index contributed by atoms with van der Waals surface area (Å²) in [6, 6.07) is 8.52. The Hall–Kier alpha value is -3.03. The SMILES string of the molecule is CCCCCCCCCCCC(=O)N(CCc1cccc(F)c1)[C@@H]1CC(C(=O)NCCO)=C[C@H](Oc2c(I)cc(C=O)cc2OC)[C@H]1O. The highest BCUT2D eigenvalue weighted by Crippen LogP contribution is 2.37. The van der Waals surface area contributed by atoms with E-state index in [0.717, 1.165) is 19.3 Å². The second-order valence-electron chi connectivity index (χ2n) is 12.2. The Morgan fingerprint density at radius 3 is 2.44 bits per heavy atom. The minimum atomic E-state index is -1.23. The number of hydrogen-bond donors (Lipinski definition) is 3. The highest BCUT2D eigenvalue weighted by molar-refractivity contribution is 14.1. The van der Waals surface area contributed by atoms with E-state index >= 15 is 0 Å². The van der Waals surface area contributed by atoms with Crippen molar-refractivity contribution >= 4 is 40.7 Å². The third-order valence-electron chi connectivity index (χ3n) is 8.60. The first-order valence-electron chi connectivity index (χ1n) is 17.0. The molecule has 264 valence electrons. The van der Waals surface area contributed by atoms with Gasteiger partial charge in [0.15, 0.2) is 11.5 Å². The number of aliphatic hydroxyl groups excluding tert-OH is 2. The van der Waals surface area contributed by atoms with Crippen LogP contribution < -0.4 is 14.8 Å². The first-order valence-corrected chi connectivity index (χ1v) is 18.1. The van der Waals surface area contributed by atoms with Gasteiger partial charge in [-0.2, -0.15) is 0 Å². The zero-order valence-electron chi connectivity index (χ0n) is 28.1. The van der Waals surface area contributed by atoms with Gasteiger partial charge in [-0.05, 0) is 71.3 Å². The van der Waals surface area contributed by atoms with Crippen LogP contribution in [0, 0.1) is 9.39 Å². The lowest BCUT2D eigenvalue weighted by molar-refractivity contribution is -0.138. The molecule has 1 aliphatic carbocycles. The number of nitrogens with zero attached hydrogens (tertiary/aromatic N) is 1. The molecule has 2 aromatic rings. The van der Waals surface area contributed by atoms with Crippen LogP contribution in [0.5, 0.6) is 11.5 Å². The molecule has 0 spiro atoms. The topological polar surface area (TPSA) is 125 Å². The van der Waals surface area contributed by atoms with Gasteiger partial charge in [-0.15, -0.1) is 0 Å². The predicted octanol–water partition coefficient (Wildman–Crippen LogP) is 6.16. The molecule has 3 N–H and O–H groups in total. The van der Waals surface area contributed by atoms with Gasteiger partial charge in [0.25, 0.3) is 0 Å². The van der Waals surface area contributed by atoms with Crippen molar-refractivity contribution in [1.29, 1.82) is 0 Å². The number of methoxy groups -OCH3 is 1. The van der Waals surface area contributed by atoms with E-state index < -0.39 is 24.2 Å². The summed E-state index contributed by atoms with van der Waals surface area (Å²) in [5.41, 5.74) is 1.39. The number of aldehydes is 1. The monoisotopic (exact) mass is 780 g/mol. The summed E-state index contributed by atoms with van der Waals surface area (Å²) in [5, 5.41) is 23.8. The minimum Gasteiger partial charge on any atom is -0.493 e. The molecule has 3 atom stereocenters. The van der Waals surface area contributed by atoms with Crippen LogP contribution in [0.4, 0.5) is 4.39 Å². The summed E-state index contributed by atoms with van der Waals surface area (Å²) >= 11 is 2.01. The highest BCUT2D eigenvalue weighted by Gasteiger charge is 2.40. The van der Waals surface area contributed by atoms with Crippen molar-refractivity contribution < 1.29 is 38.5 Å². The Balaban J connectivity index is 1.86. The second-order valence-corrected chi connectivity index (χ2v) is 13.4. The number of hydrogen-bond acceptors (Lipinski definition) is 7. The standard InChI is InChI=1S/C37H50FIN2O7/c1-3-4-5-6-7-8-9-10-11-15-34(44)41(18-16-26-13-12-14-29(38)20-26)31-23-28(37(46)40-17-19-42)24-32(35(31)45)48-36-30(39)21-27(25-43)22-33(36)47-2/h12-14,20-22,24-25,31-32,35,42,45H,3-11,15-19,23H2,1-2H3,(H,40,46)/t31-,32+,35+/m1/s1. The van der Waals surface area contributed by atoms with Gasteiger partial charge in [-0.25, -0.2) is 4.39 Å². The lowest BCUT2D eigenvalue weighted by atomic mass is 9.87. The normalized spacial score (nSPS) is 17.4. The summed E-state index contributed by atoms with van der Waals surface area (Å²) in [7, 11) is 1.44. The van der Waals surface area contributed by atoms with Crippen molar-refractivity contribution in [1.82, 2.24) is 10.2 Å². The number of nitrogens with one attached hydrogen (secondary N) is 1. The van der Waals surface area contributed by atoms with Crippen LogP contribution in [0.15, 0.2) is 48.0 Å². The number of carbonyl (C=O) groups is 3. The Labute approximate surface area is 297 Å². The fourth-order valence-electron chi connectivity index (χ4n) is 5.99. The van der Waals surface area contributed by atoms with Crippen LogP contribution in [0.25, 0.3) is 0 Å². The van der Waals surface area contributed by atoms with Crippen molar-refractivity contribution in [2.75, 3.05) is 26.8 Å². The maximum absolute atomic E-state index is 14.0. The molecule has 0 saturated carbocycles. The molecule has 0 bridgehead atoms. The van der Waals surface area contributed by atoms with Crippen LogP contribution >= 0.6 is 22.6 Å². The smallest absolute Gasteiger partial charge is 0.247 e. The Morgan fingerprint density at radius 1 is 1.08 bits per heavy atom. The van der Waals surface area contributed by atoms with Crippen LogP contribution in [-0.2, 0) is 16.0 Å². The van der Waals surface area contributed by atoms with Gasteiger partial charge >= 0.3 is 0 Å². The summed E-state index contributed by atoms with van der Waals surface area (Å²) in [6.45, 7) is 2.19. The van der Waals surface area contributed by atoms with Gasteiger partial charge in [0, 0.05) is 37.1 Å². The molecule has 3 rings (SSSR count). The molecule has 0 aliphatic heterocycles. The van der Waals surface area contributed by atoms with E-state index in [-0.39, 0.29) is 55.8 Å². The molecule has 0 radical (unpaired) electrons. The summed E-state index contributed by atoms with van der Waals surface area (Å²) in [4.78, 5) is 40.2. The van der Waals surface area contributed by atoms with E-state index in [1.165, 1.54) is 63.5 Å². The van der Waals surface area contributed by atoms with Gasteiger partial charge in [0.2, 0.25) is 11.8 Å². The largest absolute Gasteiger partial charge is 0.493 e. The number of halogens is 2. The van der Waals surface area contributed by atoms with E-state index in [1.807, 2.05) is 22.6 Å². The minimum absolute atomic E-state index is 0.0363. The number of benzene rings is 2. The zero-order chi connectivity index (χ0) is 34.9. The predicted molar refractivity (Wildman–Crippen MR) is 192 cm³/mol. The van der Waals surface area contributed by atoms with Crippen molar-refractivity contribution in [2.24, 2.45) is 0 Å². The summed E-state index contributed by atoms with van der Waals surface area (Å²) in [5.74, 6) is -0.406. The molecule has 9 nitrogen and oxygen atoms in total. The number of rotatable bonds is 21. The molecule has 2 aromatic carbocycles. The van der Waals surface area contributed by atoms with Crippen LogP contribution in [0.3, 0.4) is 0 Å². The average molecular weight is 781 g/mol. The Bertz CT molecular complexity index is 1370. The third-order valence-corrected chi connectivity index (χ3v) is 9.40. The Kier molecular flexibility index (Phi) is 17.4. The number of amides is 2. The first kappa shape index (κ1) is 39.4. The number of ether oxygens (including phenoxy) is 2. The first-order chi connectivity index (χ1) is 23.2. The molecule has 1 aliphatic rings. The molecule has 0 unspecified atom stereocenters. The lowest BCUT2D eigenvalue weighted by Gasteiger charge is -2.41. The fraction of sp³-hybridized carbons (Fsp3) is 0.541. The highest BCUT2D eigenvalue weighted by atomic mass is 127. The van der Waals surface area contributed by atoms with Crippen LogP contribution in [0.1, 0.15) is 93.5 Å². The van der Waals surface area contributed by atoms with Crippen molar-refractivity contribution in [2.45, 2.75) is 102 Å². The zero-order valence-corrected chi connectivity index (χ0v) is 30.3. The number of unbranched alkanes of at least 4 members (excludes halogenated alkanes) is 8. The molecule has 2 amide bonds. The van der Waals surface area contributed by atoms with E-state index in [0.29, 0.717) is 39.4 Å². The third kappa shape index (κ3) is 12.1. The molecule has 0 fully saturated rings. The lowest BCUT2D eigenvalue weighted by Crippen LogP contribution is -2.55. The molecule has 11 heteroatoms. The molecular weight excluding hydrogens is 730 g/mol. The van der Waals surface area contributed by atoms with Crippen molar-refractivity contribution in [3.05, 3.63) is 68.6 Å². The van der Waals surface area contributed by atoms with Gasteiger partial charge in [-0.3, -0.25) is 14.4 Å². The second kappa shape index (κ2) is 21.1. The van der Waals surface area contributed by atoms with Crippen LogP contribution in [-0.4, -0.2) is 78.3 Å². The molecule has 48 heavy (non-hydrogen) atoms. The molecule has 0 aromatic heterocycles. The van der Waals surface area contributed by atoms with E-state index in [2.05, 4.69) is 12.2 Å². The molecule has 0 saturated heterocycles. The van der Waals surface area contributed by atoms with Gasteiger partial charge in [-0.1, -0.05) is 70.4 Å². The number of aliphatic hydroxyl groups is 2. The van der Waals surface area contributed by atoms with E-state index in [4.69, 9.17) is 9.47 Å². The molecule has 0 heterocycles. The van der Waals surface area contributed by atoms with Gasteiger partial charge in [0.05, 0.1) is 23.3 Å². The van der Waals surface area contributed by atoms with Gasteiger partial charge in [0.1, 0.15) is 24.3 Å². The fourth-order valence-corrected chi connectivity index (χ4v) is 6.74. The molecular formula is C37H50FIN2O7. The maximum atomic E-state index is 14.0. The van der Waals surface area contributed by atoms with Crippen molar-refractivity contribution in [3.8, 4) is 11.5 Å². The maximum Gasteiger partial charge on any atom is 0.247 e. The quantitative estimate of drug-likeness (QED) is 0.0788. The Morgan fingerprint density at radius 2 is 1.79 bits per heavy atom. The van der Waals surface area contributed by atoms with E-state index in [1.54, 1.807) is 23.1 Å². The average Bonchev–Trinajstić information content (AvgIpc) is 3.08. The number of carbonyl (C=O) groups excluding carboxylic acids is 3. The summed E-state index contributed by atoms with van der Waals surface area (Å²) < 4.78 is 26.4. The summed E-state index contributed by atoms with van der Waals surface area (Å²) in [6.07, 6.45) is 10.6. The van der Waals surface area contributed by atoms with Crippen molar-refractivity contribution in [3.63, 3.8) is 0 Å². The van der Waals surface area contributed by atoms with Gasteiger partial charge < -0.3 is 29.9 Å². The van der Waals surface area contributed by atoms with E-state index in [9.17, 15) is 29.0 Å².